The zero-order valence-corrected chi connectivity index (χ0v) is 12.3. The van der Waals surface area contributed by atoms with E-state index in [1.807, 2.05) is 26.0 Å². The van der Waals surface area contributed by atoms with Crippen molar-refractivity contribution in [2.75, 3.05) is 7.11 Å². The van der Waals surface area contributed by atoms with Gasteiger partial charge < -0.3 is 9.84 Å². The standard InChI is InChI=1S/C16H15ClO3/c1-9-4-6-12(15(20-3)10(9)2)14-8-11(17)5-7-13(14)16(18)19/h4-8H,1-3H3,(H,18,19). The molecule has 0 saturated heterocycles. The Morgan fingerprint density at radius 2 is 1.85 bits per heavy atom. The molecule has 0 radical (unpaired) electrons. The molecule has 0 saturated carbocycles. The third-order valence-corrected chi connectivity index (χ3v) is 3.62. The lowest BCUT2D eigenvalue weighted by atomic mass is 9.95. The number of benzene rings is 2. The molecule has 0 heterocycles. The van der Waals surface area contributed by atoms with Gasteiger partial charge in [0.1, 0.15) is 5.75 Å². The maximum atomic E-state index is 11.4. The van der Waals surface area contributed by atoms with E-state index in [-0.39, 0.29) is 5.56 Å². The molecule has 2 rings (SSSR count). The van der Waals surface area contributed by atoms with Crippen LogP contribution in [0.4, 0.5) is 0 Å². The molecule has 0 atom stereocenters. The van der Waals surface area contributed by atoms with E-state index >= 15 is 0 Å². The van der Waals surface area contributed by atoms with Crippen molar-refractivity contribution in [2.45, 2.75) is 13.8 Å². The van der Waals surface area contributed by atoms with E-state index in [1.165, 1.54) is 6.07 Å². The van der Waals surface area contributed by atoms with Gasteiger partial charge in [-0.15, -0.1) is 0 Å². The summed E-state index contributed by atoms with van der Waals surface area (Å²) in [5.41, 5.74) is 3.57. The van der Waals surface area contributed by atoms with Gasteiger partial charge in [0.25, 0.3) is 0 Å². The topological polar surface area (TPSA) is 46.5 Å². The first kappa shape index (κ1) is 14.4. The number of hydrogen-bond donors (Lipinski definition) is 1. The Labute approximate surface area is 122 Å². The number of carboxylic acids is 1. The number of carboxylic acid groups (broad SMARTS) is 1. The van der Waals surface area contributed by atoms with Gasteiger partial charge in [-0.2, -0.15) is 0 Å². The molecule has 104 valence electrons. The number of ether oxygens (including phenoxy) is 1. The first-order valence-corrected chi connectivity index (χ1v) is 6.51. The summed E-state index contributed by atoms with van der Waals surface area (Å²) in [6.45, 7) is 3.93. The predicted molar refractivity (Wildman–Crippen MR) is 79.9 cm³/mol. The van der Waals surface area contributed by atoms with E-state index in [4.69, 9.17) is 16.3 Å². The van der Waals surface area contributed by atoms with E-state index in [1.54, 1.807) is 19.2 Å². The van der Waals surface area contributed by atoms with Crippen LogP contribution in [0.25, 0.3) is 11.1 Å². The highest BCUT2D eigenvalue weighted by Crippen LogP contribution is 2.37. The second kappa shape index (κ2) is 5.55. The van der Waals surface area contributed by atoms with Crippen LogP contribution in [0, 0.1) is 13.8 Å². The molecule has 0 aliphatic heterocycles. The Balaban J connectivity index is 2.77. The molecule has 2 aromatic rings. The maximum Gasteiger partial charge on any atom is 0.336 e. The second-order valence-electron chi connectivity index (χ2n) is 4.58. The molecule has 0 aliphatic carbocycles. The molecule has 0 amide bonds. The Bertz CT molecular complexity index is 678. The predicted octanol–water partition coefficient (Wildman–Crippen LogP) is 4.33. The quantitative estimate of drug-likeness (QED) is 0.915. The lowest BCUT2D eigenvalue weighted by Gasteiger charge is -2.15. The van der Waals surface area contributed by atoms with E-state index in [0.717, 1.165) is 16.7 Å². The molecule has 0 aliphatic rings. The summed E-state index contributed by atoms with van der Waals surface area (Å²) in [5.74, 6) is -0.313. The van der Waals surface area contributed by atoms with Crippen LogP contribution in [0.2, 0.25) is 5.02 Å². The largest absolute Gasteiger partial charge is 0.496 e. The third-order valence-electron chi connectivity index (χ3n) is 3.38. The Kier molecular flexibility index (Phi) is 4.00. The van der Waals surface area contributed by atoms with Crippen molar-refractivity contribution in [3.63, 3.8) is 0 Å². The lowest BCUT2D eigenvalue weighted by molar-refractivity contribution is 0.0698. The van der Waals surface area contributed by atoms with Crippen molar-refractivity contribution in [2.24, 2.45) is 0 Å². The van der Waals surface area contributed by atoms with Gasteiger partial charge in [-0.25, -0.2) is 4.79 Å². The molecule has 0 spiro atoms. The molecule has 3 nitrogen and oxygen atoms in total. The zero-order valence-electron chi connectivity index (χ0n) is 11.5. The highest BCUT2D eigenvalue weighted by atomic mass is 35.5. The maximum absolute atomic E-state index is 11.4. The van der Waals surface area contributed by atoms with E-state index in [0.29, 0.717) is 16.3 Å². The van der Waals surface area contributed by atoms with Gasteiger partial charge in [-0.05, 0) is 43.2 Å². The number of aryl methyl sites for hydroxylation is 1. The monoisotopic (exact) mass is 290 g/mol. The molecule has 2 aromatic carbocycles. The number of methoxy groups -OCH3 is 1. The van der Waals surface area contributed by atoms with E-state index in [9.17, 15) is 9.90 Å². The van der Waals surface area contributed by atoms with Crippen molar-refractivity contribution in [1.82, 2.24) is 0 Å². The number of halogens is 1. The average Bonchev–Trinajstić information content (AvgIpc) is 2.41. The smallest absolute Gasteiger partial charge is 0.336 e. The van der Waals surface area contributed by atoms with Gasteiger partial charge in [0, 0.05) is 16.1 Å². The number of rotatable bonds is 3. The summed E-state index contributed by atoms with van der Waals surface area (Å²) < 4.78 is 5.45. The first-order valence-electron chi connectivity index (χ1n) is 6.13. The Morgan fingerprint density at radius 3 is 2.45 bits per heavy atom. The van der Waals surface area contributed by atoms with Gasteiger partial charge >= 0.3 is 5.97 Å². The van der Waals surface area contributed by atoms with Crippen molar-refractivity contribution < 1.29 is 14.6 Å². The summed E-state index contributed by atoms with van der Waals surface area (Å²) in [6, 6.07) is 8.54. The Morgan fingerprint density at radius 1 is 1.15 bits per heavy atom. The van der Waals surface area contributed by atoms with Crippen molar-refractivity contribution >= 4 is 17.6 Å². The van der Waals surface area contributed by atoms with Crippen molar-refractivity contribution in [3.8, 4) is 16.9 Å². The minimum atomic E-state index is -0.989. The number of aromatic carboxylic acids is 1. The molecular weight excluding hydrogens is 276 g/mol. The average molecular weight is 291 g/mol. The minimum Gasteiger partial charge on any atom is -0.496 e. The van der Waals surface area contributed by atoms with Crippen LogP contribution in [-0.2, 0) is 0 Å². The molecule has 0 fully saturated rings. The highest BCUT2D eigenvalue weighted by molar-refractivity contribution is 6.31. The summed E-state index contributed by atoms with van der Waals surface area (Å²) in [6.07, 6.45) is 0. The van der Waals surface area contributed by atoms with Crippen molar-refractivity contribution in [3.05, 3.63) is 52.0 Å². The fourth-order valence-electron chi connectivity index (χ4n) is 2.19. The first-order chi connectivity index (χ1) is 9.45. The van der Waals surface area contributed by atoms with Crippen LogP contribution in [0.3, 0.4) is 0 Å². The normalized spacial score (nSPS) is 10.4. The molecular formula is C16H15ClO3. The molecule has 0 unspecified atom stereocenters. The fourth-order valence-corrected chi connectivity index (χ4v) is 2.36. The molecule has 0 aromatic heterocycles. The molecule has 0 bridgehead atoms. The van der Waals surface area contributed by atoms with E-state index < -0.39 is 5.97 Å². The van der Waals surface area contributed by atoms with Crippen LogP contribution >= 0.6 is 11.6 Å². The van der Waals surface area contributed by atoms with Gasteiger partial charge in [0.2, 0.25) is 0 Å². The fraction of sp³-hybridized carbons (Fsp3) is 0.188. The Hall–Kier alpha value is -2.00. The summed E-state index contributed by atoms with van der Waals surface area (Å²) >= 11 is 6.00. The number of carbonyl (C=O) groups is 1. The van der Waals surface area contributed by atoms with Gasteiger partial charge in [0.05, 0.1) is 12.7 Å². The van der Waals surface area contributed by atoms with Crippen molar-refractivity contribution in [1.29, 1.82) is 0 Å². The van der Waals surface area contributed by atoms with Crippen LogP contribution in [0.1, 0.15) is 21.5 Å². The van der Waals surface area contributed by atoms with Crippen LogP contribution in [0.15, 0.2) is 30.3 Å². The lowest BCUT2D eigenvalue weighted by Crippen LogP contribution is -2.01. The van der Waals surface area contributed by atoms with Crippen LogP contribution in [-0.4, -0.2) is 18.2 Å². The number of hydrogen-bond acceptors (Lipinski definition) is 2. The summed E-state index contributed by atoms with van der Waals surface area (Å²) in [5, 5.41) is 9.81. The third kappa shape index (κ3) is 2.49. The van der Waals surface area contributed by atoms with E-state index in [2.05, 4.69) is 0 Å². The van der Waals surface area contributed by atoms with Crippen LogP contribution < -0.4 is 4.74 Å². The molecule has 1 N–H and O–H groups in total. The highest BCUT2D eigenvalue weighted by Gasteiger charge is 2.17. The van der Waals surface area contributed by atoms with Gasteiger partial charge in [-0.1, -0.05) is 23.7 Å². The van der Waals surface area contributed by atoms with Gasteiger partial charge in [0.15, 0.2) is 0 Å². The molecule has 4 heteroatoms. The minimum absolute atomic E-state index is 0.205. The summed E-state index contributed by atoms with van der Waals surface area (Å²) in [7, 11) is 1.58. The molecule has 20 heavy (non-hydrogen) atoms. The van der Waals surface area contributed by atoms with Crippen LogP contribution in [0.5, 0.6) is 5.75 Å². The second-order valence-corrected chi connectivity index (χ2v) is 5.02. The summed E-state index contributed by atoms with van der Waals surface area (Å²) in [4.78, 5) is 11.4. The SMILES string of the molecule is COc1c(-c2cc(Cl)ccc2C(=O)O)ccc(C)c1C. The van der Waals surface area contributed by atoms with Gasteiger partial charge in [-0.3, -0.25) is 0 Å². The zero-order chi connectivity index (χ0) is 14.9.